The van der Waals surface area contributed by atoms with Crippen molar-refractivity contribution >= 4 is 17.0 Å². The fourth-order valence-electron chi connectivity index (χ4n) is 2.94. The Bertz CT molecular complexity index is 574. The largest absolute Gasteiger partial charge is 0.355 e. The number of anilines is 1. The Balaban J connectivity index is 1.54. The zero-order valence-electron chi connectivity index (χ0n) is 11.8. The quantitative estimate of drug-likeness (QED) is 0.882. The van der Waals surface area contributed by atoms with Crippen molar-refractivity contribution in [1.82, 2.24) is 14.9 Å². The zero-order valence-corrected chi connectivity index (χ0v) is 11.8. The van der Waals surface area contributed by atoms with Gasteiger partial charge >= 0.3 is 0 Å². The third-order valence-corrected chi connectivity index (χ3v) is 4.15. The highest BCUT2D eigenvalue weighted by Gasteiger charge is 2.18. The van der Waals surface area contributed by atoms with Gasteiger partial charge in [-0.3, -0.25) is 0 Å². The van der Waals surface area contributed by atoms with Crippen LogP contribution in [0.1, 0.15) is 25.7 Å². The zero-order chi connectivity index (χ0) is 13.9. The minimum absolute atomic E-state index is 0.242. The molecule has 0 saturated heterocycles. The van der Waals surface area contributed by atoms with Crippen LogP contribution in [0.3, 0.4) is 0 Å². The number of halogens is 1. The summed E-state index contributed by atoms with van der Waals surface area (Å²) in [6.45, 7) is 1.84. The van der Waals surface area contributed by atoms with Gasteiger partial charge in [-0.1, -0.05) is 12.8 Å². The van der Waals surface area contributed by atoms with Gasteiger partial charge in [0.05, 0.1) is 11.0 Å². The van der Waals surface area contributed by atoms with Gasteiger partial charge in [0, 0.05) is 19.1 Å². The van der Waals surface area contributed by atoms with Gasteiger partial charge in [0.1, 0.15) is 5.82 Å². The molecule has 20 heavy (non-hydrogen) atoms. The van der Waals surface area contributed by atoms with Crippen molar-refractivity contribution in [3.8, 4) is 0 Å². The van der Waals surface area contributed by atoms with Crippen molar-refractivity contribution in [2.45, 2.75) is 31.7 Å². The van der Waals surface area contributed by atoms with Crippen LogP contribution in [0.4, 0.5) is 10.3 Å². The molecule has 1 aromatic heterocycles. The first-order chi connectivity index (χ1) is 9.72. The SMILES string of the molecule is CN(CCNc1nc2ccc(F)cc2[nH]1)C1CCCC1. The second kappa shape index (κ2) is 5.79. The van der Waals surface area contributed by atoms with E-state index in [9.17, 15) is 4.39 Å². The molecule has 0 atom stereocenters. The first-order valence-corrected chi connectivity index (χ1v) is 7.32. The third kappa shape index (κ3) is 2.93. The van der Waals surface area contributed by atoms with Crippen LogP contribution in [0, 0.1) is 5.82 Å². The number of likely N-dealkylation sites (N-methyl/N-ethyl adjacent to an activating group) is 1. The summed E-state index contributed by atoms with van der Waals surface area (Å²) in [4.78, 5) is 9.91. The molecular weight excluding hydrogens is 255 g/mol. The molecule has 4 nitrogen and oxygen atoms in total. The predicted octanol–water partition coefficient (Wildman–Crippen LogP) is 2.99. The minimum Gasteiger partial charge on any atom is -0.355 e. The second-order valence-corrected chi connectivity index (χ2v) is 5.59. The molecule has 5 heteroatoms. The lowest BCUT2D eigenvalue weighted by molar-refractivity contribution is 0.254. The van der Waals surface area contributed by atoms with E-state index in [-0.39, 0.29) is 5.82 Å². The first-order valence-electron chi connectivity index (χ1n) is 7.32. The van der Waals surface area contributed by atoms with Crippen LogP contribution in [0.15, 0.2) is 18.2 Å². The number of nitrogens with zero attached hydrogens (tertiary/aromatic N) is 2. The smallest absolute Gasteiger partial charge is 0.201 e. The van der Waals surface area contributed by atoms with Crippen LogP contribution < -0.4 is 5.32 Å². The minimum atomic E-state index is -0.242. The van der Waals surface area contributed by atoms with E-state index in [1.54, 1.807) is 6.07 Å². The van der Waals surface area contributed by atoms with E-state index in [1.165, 1.54) is 37.8 Å². The van der Waals surface area contributed by atoms with Crippen LogP contribution in [0.25, 0.3) is 11.0 Å². The Kier molecular flexibility index (Phi) is 3.87. The van der Waals surface area contributed by atoms with Crippen LogP contribution in [-0.2, 0) is 0 Å². The van der Waals surface area contributed by atoms with Crippen LogP contribution in [0.2, 0.25) is 0 Å². The molecule has 0 unspecified atom stereocenters. The maximum Gasteiger partial charge on any atom is 0.201 e. The van der Waals surface area contributed by atoms with Gasteiger partial charge in [0.15, 0.2) is 0 Å². The third-order valence-electron chi connectivity index (χ3n) is 4.15. The van der Waals surface area contributed by atoms with Gasteiger partial charge in [-0.05, 0) is 38.1 Å². The van der Waals surface area contributed by atoms with Gasteiger partial charge in [-0.2, -0.15) is 0 Å². The average molecular weight is 276 g/mol. The number of rotatable bonds is 5. The van der Waals surface area contributed by atoms with Crippen molar-refractivity contribution in [2.75, 3.05) is 25.5 Å². The van der Waals surface area contributed by atoms with E-state index in [0.717, 1.165) is 30.2 Å². The second-order valence-electron chi connectivity index (χ2n) is 5.59. The molecule has 108 valence electrons. The van der Waals surface area contributed by atoms with E-state index in [2.05, 4.69) is 27.2 Å². The topological polar surface area (TPSA) is 44.0 Å². The Hall–Kier alpha value is -1.62. The maximum atomic E-state index is 13.1. The lowest BCUT2D eigenvalue weighted by atomic mass is 10.2. The number of aromatic amines is 1. The highest BCUT2D eigenvalue weighted by atomic mass is 19.1. The number of benzene rings is 1. The van der Waals surface area contributed by atoms with Crippen molar-refractivity contribution in [3.63, 3.8) is 0 Å². The normalized spacial score (nSPS) is 16.4. The average Bonchev–Trinajstić information content (AvgIpc) is 3.06. The van der Waals surface area contributed by atoms with E-state index in [1.807, 2.05) is 0 Å². The molecule has 0 radical (unpaired) electrons. The number of hydrogen-bond donors (Lipinski definition) is 2. The van der Waals surface area contributed by atoms with E-state index in [0.29, 0.717) is 5.95 Å². The molecule has 1 aliphatic carbocycles. The summed E-state index contributed by atoms with van der Waals surface area (Å²) < 4.78 is 13.1. The number of aromatic nitrogens is 2. The van der Waals surface area contributed by atoms with E-state index >= 15 is 0 Å². The van der Waals surface area contributed by atoms with Crippen molar-refractivity contribution < 1.29 is 4.39 Å². The number of H-pyrrole nitrogens is 1. The summed E-state index contributed by atoms with van der Waals surface area (Å²) in [6, 6.07) is 5.33. The lowest BCUT2D eigenvalue weighted by Crippen LogP contribution is -2.33. The molecule has 2 aromatic rings. The Morgan fingerprint density at radius 2 is 2.20 bits per heavy atom. The number of nitrogens with one attached hydrogen (secondary N) is 2. The van der Waals surface area contributed by atoms with Crippen molar-refractivity contribution in [3.05, 3.63) is 24.0 Å². The summed E-state index contributed by atoms with van der Waals surface area (Å²) >= 11 is 0. The molecule has 1 heterocycles. The molecule has 1 fully saturated rings. The summed E-state index contributed by atoms with van der Waals surface area (Å²) in [7, 11) is 2.19. The number of hydrogen-bond acceptors (Lipinski definition) is 3. The molecule has 1 saturated carbocycles. The Morgan fingerprint density at radius 3 is 3.00 bits per heavy atom. The number of fused-ring (bicyclic) bond motifs is 1. The molecule has 1 aromatic carbocycles. The van der Waals surface area contributed by atoms with E-state index < -0.39 is 0 Å². The summed E-state index contributed by atoms with van der Waals surface area (Å²) in [5.74, 6) is 0.471. The molecule has 3 rings (SSSR count). The van der Waals surface area contributed by atoms with Gasteiger partial charge in [-0.25, -0.2) is 9.37 Å². The lowest BCUT2D eigenvalue weighted by Gasteiger charge is -2.23. The first kappa shape index (κ1) is 13.4. The molecule has 0 amide bonds. The molecular formula is C15H21FN4. The van der Waals surface area contributed by atoms with E-state index in [4.69, 9.17) is 0 Å². The Labute approximate surface area is 118 Å². The molecule has 1 aliphatic rings. The molecule has 0 bridgehead atoms. The highest BCUT2D eigenvalue weighted by molar-refractivity contribution is 5.77. The van der Waals surface area contributed by atoms with Gasteiger partial charge < -0.3 is 15.2 Å². The Morgan fingerprint density at radius 1 is 1.40 bits per heavy atom. The van der Waals surface area contributed by atoms with Gasteiger partial charge in [0.25, 0.3) is 0 Å². The van der Waals surface area contributed by atoms with Gasteiger partial charge in [0.2, 0.25) is 5.95 Å². The molecule has 0 spiro atoms. The summed E-state index contributed by atoms with van der Waals surface area (Å²) in [5.41, 5.74) is 1.52. The maximum absolute atomic E-state index is 13.1. The summed E-state index contributed by atoms with van der Waals surface area (Å²) in [5, 5.41) is 3.28. The molecule has 0 aliphatic heterocycles. The molecule has 2 N–H and O–H groups in total. The van der Waals surface area contributed by atoms with Crippen LogP contribution in [-0.4, -0.2) is 41.0 Å². The summed E-state index contributed by atoms with van der Waals surface area (Å²) in [6.07, 6.45) is 5.36. The fraction of sp³-hybridized carbons (Fsp3) is 0.533. The monoisotopic (exact) mass is 276 g/mol. The standard InChI is InChI=1S/C15H21FN4/c1-20(12-4-2-3-5-12)9-8-17-15-18-13-7-6-11(16)10-14(13)19-15/h6-7,10,12H,2-5,8-9H2,1H3,(H2,17,18,19). The fourth-order valence-corrected chi connectivity index (χ4v) is 2.94. The van der Waals surface area contributed by atoms with Crippen molar-refractivity contribution in [2.24, 2.45) is 0 Å². The van der Waals surface area contributed by atoms with Crippen LogP contribution in [0.5, 0.6) is 0 Å². The highest BCUT2D eigenvalue weighted by Crippen LogP contribution is 2.22. The number of imidazole rings is 1. The van der Waals surface area contributed by atoms with Crippen LogP contribution >= 0.6 is 0 Å². The van der Waals surface area contributed by atoms with Crippen molar-refractivity contribution in [1.29, 1.82) is 0 Å². The van der Waals surface area contributed by atoms with Gasteiger partial charge in [-0.15, -0.1) is 0 Å². The predicted molar refractivity (Wildman–Crippen MR) is 79.4 cm³/mol.